The number of amides is 4. The molecule has 0 bridgehead atoms. The first kappa shape index (κ1) is 40.0. The number of halogens is 1. The second-order valence-corrected chi connectivity index (χ2v) is 18.8. The average Bonchev–Trinajstić information content (AvgIpc) is 3.73. The summed E-state index contributed by atoms with van der Waals surface area (Å²) in [7, 11) is 0. The predicted molar refractivity (Wildman–Crippen MR) is 226 cm³/mol. The normalized spacial score (nSPS) is 27.0. The maximum atomic E-state index is 13.8. The van der Waals surface area contributed by atoms with Crippen molar-refractivity contribution >= 4 is 46.6 Å². The first-order chi connectivity index (χ1) is 28.7. The Morgan fingerprint density at radius 2 is 1.57 bits per heavy atom. The van der Waals surface area contributed by atoms with Gasteiger partial charge < -0.3 is 19.4 Å². The largest absolute Gasteiger partial charge is 0.489 e. The third kappa shape index (κ3) is 6.98. The summed E-state index contributed by atoms with van der Waals surface area (Å²) in [6.45, 7) is 20.4. The molecule has 4 fully saturated rings. The molecule has 9 rings (SSSR count). The van der Waals surface area contributed by atoms with Crippen molar-refractivity contribution in [1.82, 2.24) is 25.0 Å². The van der Waals surface area contributed by atoms with Gasteiger partial charge in [-0.15, -0.1) is 0 Å². The van der Waals surface area contributed by atoms with E-state index >= 15 is 0 Å². The summed E-state index contributed by atoms with van der Waals surface area (Å²) in [5.74, 6) is 6.98. The number of anilines is 1. The Morgan fingerprint density at radius 3 is 2.27 bits per heavy atom. The molecule has 60 heavy (non-hydrogen) atoms. The van der Waals surface area contributed by atoms with Gasteiger partial charge in [-0.25, -0.2) is 9.83 Å². The first-order valence-electron chi connectivity index (χ1n) is 21.2. The number of hydrogen-bond acceptors (Lipinski definition) is 8. The predicted octanol–water partition coefficient (Wildman–Crippen LogP) is 6.62. The first-order valence-corrected chi connectivity index (χ1v) is 21.5. The molecule has 2 aliphatic carbocycles. The van der Waals surface area contributed by atoms with Gasteiger partial charge in [-0.3, -0.25) is 29.4 Å². The molecule has 3 aromatic rings. The fourth-order valence-electron chi connectivity index (χ4n) is 11.3. The lowest BCUT2D eigenvalue weighted by Crippen LogP contribution is -2.74. The zero-order chi connectivity index (χ0) is 42.1. The molecule has 5 heterocycles. The Kier molecular flexibility index (Phi) is 10.2. The third-order valence-electron chi connectivity index (χ3n) is 14.0. The number of piperidine rings is 1. The zero-order valence-electron chi connectivity index (χ0n) is 34.6. The van der Waals surface area contributed by atoms with Gasteiger partial charge in [-0.05, 0) is 86.1 Å². The topological polar surface area (TPSA) is 120 Å². The van der Waals surface area contributed by atoms with Crippen molar-refractivity contribution in [2.24, 2.45) is 16.7 Å². The summed E-state index contributed by atoms with van der Waals surface area (Å²) < 4.78 is 6.48. The minimum Gasteiger partial charge on any atom is -0.489 e. The highest BCUT2D eigenvalue weighted by Gasteiger charge is 2.67. The van der Waals surface area contributed by atoms with Crippen LogP contribution in [-0.2, 0) is 22.7 Å². The number of hydrogen-bond donors (Lipinski definition) is 1. The highest BCUT2D eigenvalue weighted by atomic mass is 35.5. The van der Waals surface area contributed by atoms with Crippen LogP contribution < -0.4 is 15.0 Å². The fraction of sp³-hybridized carbons (Fsp3) is 0.489. The average molecular weight is 828 g/mol. The van der Waals surface area contributed by atoms with Crippen LogP contribution in [0.25, 0.3) is 4.85 Å². The number of aromatic nitrogens is 1. The van der Waals surface area contributed by atoms with Crippen molar-refractivity contribution in [3.8, 4) is 17.6 Å². The standard InChI is InChI=1S/C47H50ClN7O5/c1-46(2)44(47(3,4)45(46)60-33-14-17-37(49-5)36(48)25-33)55-27-38-35(43(55)59)15-10-30(50-38)9-6-28-7-11-31(12-8-28)52-20-22-53(23-21-52)32-13-16-34-29(24-32)26-54(42(34)58)39-18-19-40(56)51-41(39)57/h10,13-17,24-25,28,31,39,44-45H,7-8,11-12,18-23,26-27H2,1-4H3,(H,51,56,57). The van der Waals surface area contributed by atoms with Crippen LogP contribution in [0.3, 0.4) is 0 Å². The summed E-state index contributed by atoms with van der Waals surface area (Å²) in [5.41, 5.74) is 4.48. The maximum Gasteiger partial charge on any atom is 0.256 e. The summed E-state index contributed by atoms with van der Waals surface area (Å²) >= 11 is 6.30. The monoisotopic (exact) mass is 827 g/mol. The molecule has 2 saturated heterocycles. The van der Waals surface area contributed by atoms with Crippen LogP contribution in [0.4, 0.5) is 11.4 Å². The SMILES string of the molecule is [C-]#[N+]c1ccc(OC2C(C)(C)C(N3Cc4nc(C#CC5CCC(N6CCN(c7ccc8c(c7)CN(C7CCC(=O)NC7=O)C8=O)CC6)CC5)ccc4C3=O)C2(C)C)cc1Cl. The van der Waals surface area contributed by atoms with Gasteiger partial charge in [-0.2, -0.15) is 0 Å². The van der Waals surface area contributed by atoms with Crippen LogP contribution in [0.5, 0.6) is 5.75 Å². The van der Waals surface area contributed by atoms with E-state index in [-0.39, 0.29) is 53.0 Å². The molecular weight excluding hydrogens is 778 g/mol. The van der Waals surface area contributed by atoms with Crippen molar-refractivity contribution in [3.63, 3.8) is 0 Å². The van der Waals surface area contributed by atoms with Gasteiger partial charge in [-0.1, -0.05) is 51.3 Å². The Bertz CT molecular complexity index is 2380. The molecule has 0 spiro atoms. The number of rotatable bonds is 6. The number of nitrogens with one attached hydrogen (secondary N) is 1. The minimum absolute atomic E-state index is 0.00708. The van der Waals surface area contributed by atoms with Gasteiger partial charge >= 0.3 is 0 Å². The summed E-state index contributed by atoms with van der Waals surface area (Å²) in [4.78, 5) is 68.0. The van der Waals surface area contributed by atoms with Crippen molar-refractivity contribution < 1.29 is 23.9 Å². The number of pyridine rings is 1. The number of piperazine rings is 1. The van der Waals surface area contributed by atoms with Crippen LogP contribution in [0, 0.1) is 35.2 Å². The van der Waals surface area contributed by atoms with Crippen LogP contribution in [0.1, 0.15) is 104 Å². The molecule has 2 saturated carbocycles. The van der Waals surface area contributed by atoms with Gasteiger partial charge in [0, 0.05) is 79.2 Å². The lowest BCUT2D eigenvalue weighted by Gasteiger charge is -2.65. The second-order valence-electron chi connectivity index (χ2n) is 18.4. The summed E-state index contributed by atoms with van der Waals surface area (Å²) in [6, 6.07) is 14.8. The van der Waals surface area contributed by atoms with Gasteiger partial charge in [0.2, 0.25) is 17.5 Å². The lowest BCUT2D eigenvalue weighted by molar-refractivity contribution is -0.199. The number of ether oxygens (including phenoxy) is 1. The zero-order valence-corrected chi connectivity index (χ0v) is 35.3. The molecule has 0 radical (unpaired) electrons. The van der Waals surface area contributed by atoms with E-state index in [0.717, 1.165) is 68.8 Å². The van der Waals surface area contributed by atoms with E-state index in [2.05, 4.69) is 65.6 Å². The van der Waals surface area contributed by atoms with Crippen LogP contribution in [-0.4, -0.2) is 93.7 Å². The Balaban J connectivity index is 0.763. The summed E-state index contributed by atoms with van der Waals surface area (Å²) in [6.07, 6.45) is 4.73. The van der Waals surface area contributed by atoms with E-state index < -0.39 is 6.04 Å². The van der Waals surface area contributed by atoms with E-state index in [0.29, 0.717) is 64.8 Å². The smallest absolute Gasteiger partial charge is 0.256 e. The third-order valence-corrected chi connectivity index (χ3v) is 14.3. The molecule has 1 N–H and O–H groups in total. The minimum atomic E-state index is -0.607. The van der Waals surface area contributed by atoms with Gasteiger partial charge in [0.05, 0.1) is 29.4 Å². The maximum absolute atomic E-state index is 13.8. The summed E-state index contributed by atoms with van der Waals surface area (Å²) in [5, 5.41) is 2.74. The van der Waals surface area contributed by atoms with Gasteiger partial charge in [0.15, 0.2) is 0 Å². The second kappa shape index (κ2) is 15.2. The quantitative estimate of drug-likeness (QED) is 0.168. The molecule has 6 aliphatic rings. The molecule has 4 amide bonds. The lowest BCUT2D eigenvalue weighted by atomic mass is 9.49. The van der Waals surface area contributed by atoms with Crippen molar-refractivity contribution in [2.75, 3.05) is 31.1 Å². The highest BCUT2D eigenvalue weighted by molar-refractivity contribution is 6.33. The van der Waals surface area contributed by atoms with Gasteiger partial charge in [0.25, 0.3) is 11.8 Å². The van der Waals surface area contributed by atoms with Crippen LogP contribution in [0.15, 0.2) is 48.5 Å². The van der Waals surface area contributed by atoms with Crippen molar-refractivity contribution in [3.05, 3.63) is 93.0 Å². The Morgan fingerprint density at radius 1 is 0.850 bits per heavy atom. The van der Waals surface area contributed by atoms with E-state index in [9.17, 15) is 19.2 Å². The van der Waals surface area contributed by atoms with Gasteiger partial charge in [0.1, 0.15) is 23.6 Å². The molecule has 1 unspecified atom stereocenters. The molecule has 13 heteroatoms. The van der Waals surface area contributed by atoms with E-state index in [1.165, 1.54) is 0 Å². The number of carbonyl (C=O) groups excluding carboxylic acids is 4. The number of nitrogens with zero attached hydrogens (tertiary/aromatic N) is 6. The van der Waals surface area contributed by atoms with E-state index in [1.54, 1.807) is 23.1 Å². The Labute approximate surface area is 356 Å². The number of carbonyl (C=O) groups is 4. The molecule has 4 aliphatic heterocycles. The number of benzene rings is 2. The molecule has 2 aromatic carbocycles. The molecular formula is C47H50ClN7O5. The molecule has 1 atom stereocenters. The van der Waals surface area contributed by atoms with Crippen molar-refractivity contribution in [2.45, 2.75) is 104 Å². The van der Waals surface area contributed by atoms with E-state index in [4.69, 9.17) is 27.9 Å². The number of imide groups is 1. The molecule has 12 nitrogen and oxygen atoms in total. The molecule has 1 aromatic heterocycles. The Hall–Kier alpha value is -5.43. The molecule has 310 valence electrons. The van der Waals surface area contributed by atoms with Crippen molar-refractivity contribution in [1.29, 1.82) is 0 Å². The number of fused-ring (bicyclic) bond motifs is 2. The fourth-order valence-corrected chi connectivity index (χ4v) is 11.6. The van der Waals surface area contributed by atoms with Crippen LogP contribution in [0.2, 0.25) is 5.02 Å². The van der Waals surface area contributed by atoms with E-state index in [1.807, 2.05) is 29.2 Å². The highest BCUT2D eigenvalue weighted by Crippen LogP contribution is 2.59. The van der Waals surface area contributed by atoms with Crippen LogP contribution >= 0.6 is 11.6 Å².